The van der Waals surface area contributed by atoms with Crippen LogP contribution in [-0.4, -0.2) is 34.7 Å². The molecule has 0 radical (unpaired) electrons. The number of benzene rings is 1. The van der Waals surface area contributed by atoms with Crippen LogP contribution in [0.2, 0.25) is 0 Å². The number of aryl methyl sites for hydroxylation is 1. The molecular weight excluding hydrogens is 388 g/mol. The molecule has 1 aromatic carbocycles. The lowest BCUT2D eigenvalue weighted by molar-refractivity contribution is -0.901. The number of amides is 1. The van der Waals surface area contributed by atoms with E-state index in [0.29, 0.717) is 5.75 Å². The first-order chi connectivity index (χ1) is 13.7. The van der Waals surface area contributed by atoms with Crippen LogP contribution in [0.15, 0.2) is 41.7 Å². The number of rotatable bonds is 7. The number of thiophene rings is 1. The Morgan fingerprint density at radius 2 is 2.00 bits per heavy atom. The lowest BCUT2D eigenvalue weighted by atomic mass is 10.2. The predicted molar refractivity (Wildman–Crippen MR) is 116 cm³/mol. The molecule has 0 spiro atoms. The molecule has 2 N–H and O–H groups in total. The molecule has 7 heteroatoms. The van der Waals surface area contributed by atoms with Gasteiger partial charge in [0.1, 0.15) is 22.7 Å². The summed E-state index contributed by atoms with van der Waals surface area (Å²) in [6.45, 7) is 5.76. The fourth-order valence-electron chi connectivity index (χ4n) is 3.55. The minimum atomic E-state index is -0.0133. The van der Waals surface area contributed by atoms with E-state index in [1.807, 2.05) is 12.1 Å². The second kappa shape index (κ2) is 9.03. The molecule has 1 fully saturated rings. The maximum atomic E-state index is 12.4. The van der Waals surface area contributed by atoms with Crippen LogP contribution in [0.4, 0.5) is 5.69 Å². The van der Waals surface area contributed by atoms with E-state index >= 15 is 0 Å². The van der Waals surface area contributed by atoms with Gasteiger partial charge in [0.15, 0.2) is 0 Å². The zero-order chi connectivity index (χ0) is 19.3. The number of aromatic nitrogens is 2. The quantitative estimate of drug-likeness (QED) is 0.461. The van der Waals surface area contributed by atoms with Gasteiger partial charge >= 0.3 is 0 Å². The first-order valence-electron chi connectivity index (χ1n) is 9.80. The van der Waals surface area contributed by atoms with Crippen LogP contribution in [0.25, 0.3) is 10.2 Å². The van der Waals surface area contributed by atoms with Crippen molar-refractivity contribution < 1.29 is 9.69 Å². The third kappa shape index (κ3) is 4.71. The second-order valence-corrected chi connectivity index (χ2v) is 9.21. The van der Waals surface area contributed by atoms with Crippen LogP contribution in [-0.2, 0) is 17.8 Å². The average Bonchev–Trinajstić information content (AvgIpc) is 3.37. The normalized spacial score (nSPS) is 14.6. The molecule has 146 valence electrons. The van der Waals surface area contributed by atoms with Crippen LogP contribution in [0, 0.1) is 0 Å². The van der Waals surface area contributed by atoms with Crippen molar-refractivity contribution in [2.24, 2.45) is 0 Å². The number of carbonyl (C=O) groups is 1. The van der Waals surface area contributed by atoms with Crippen molar-refractivity contribution in [3.63, 3.8) is 0 Å². The lowest BCUT2D eigenvalue weighted by Gasteiger charge is -2.12. The van der Waals surface area contributed by atoms with Crippen molar-refractivity contribution in [2.45, 2.75) is 37.8 Å². The average molecular weight is 414 g/mol. The van der Waals surface area contributed by atoms with E-state index in [4.69, 9.17) is 0 Å². The maximum absolute atomic E-state index is 12.4. The Bertz CT molecular complexity index is 949. The van der Waals surface area contributed by atoms with Gasteiger partial charge in [-0.15, -0.1) is 11.3 Å². The molecular formula is C21H25N4OS2+. The topological polar surface area (TPSA) is 59.3 Å². The Labute approximate surface area is 173 Å². The number of hydrogen-bond acceptors (Lipinski definition) is 5. The monoisotopic (exact) mass is 413 g/mol. The van der Waals surface area contributed by atoms with Gasteiger partial charge < -0.3 is 10.2 Å². The molecule has 0 unspecified atom stereocenters. The van der Waals surface area contributed by atoms with Crippen LogP contribution in [0.5, 0.6) is 0 Å². The zero-order valence-corrected chi connectivity index (χ0v) is 17.7. The summed E-state index contributed by atoms with van der Waals surface area (Å²) in [5, 5.41) is 4.92. The van der Waals surface area contributed by atoms with Crippen molar-refractivity contribution in [3.8, 4) is 0 Å². The van der Waals surface area contributed by atoms with E-state index < -0.39 is 0 Å². The van der Waals surface area contributed by atoms with Crippen molar-refractivity contribution in [2.75, 3.05) is 24.2 Å². The van der Waals surface area contributed by atoms with Gasteiger partial charge in [-0.25, -0.2) is 9.97 Å². The number of carbonyl (C=O) groups excluding carboxylic acids is 1. The highest BCUT2D eigenvalue weighted by molar-refractivity contribution is 8.00. The molecule has 0 saturated carbocycles. The minimum absolute atomic E-state index is 0.0133. The molecule has 1 aliphatic rings. The summed E-state index contributed by atoms with van der Waals surface area (Å²) in [4.78, 5) is 25.0. The summed E-state index contributed by atoms with van der Waals surface area (Å²) < 4.78 is 0. The molecule has 3 heterocycles. The van der Waals surface area contributed by atoms with Gasteiger partial charge in [-0.2, -0.15) is 0 Å². The summed E-state index contributed by atoms with van der Waals surface area (Å²) >= 11 is 3.16. The van der Waals surface area contributed by atoms with Gasteiger partial charge in [-0.1, -0.05) is 30.8 Å². The van der Waals surface area contributed by atoms with E-state index in [1.54, 1.807) is 22.6 Å². The summed E-state index contributed by atoms with van der Waals surface area (Å²) in [5.41, 5.74) is 2.18. The highest BCUT2D eigenvalue weighted by atomic mass is 32.2. The van der Waals surface area contributed by atoms with Crippen molar-refractivity contribution in [3.05, 3.63) is 47.1 Å². The SMILES string of the molecule is CCc1cc2c(SCC(=O)Nc3ccc(C[NH+]4CCCC4)cc3)ncnc2s1. The number of fused-ring (bicyclic) bond motifs is 1. The number of hydrogen-bond donors (Lipinski definition) is 2. The predicted octanol–water partition coefficient (Wildman–Crippen LogP) is 3.16. The minimum Gasteiger partial charge on any atom is -0.331 e. The number of nitrogens with zero attached hydrogens (tertiary/aromatic N) is 2. The summed E-state index contributed by atoms with van der Waals surface area (Å²) in [6, 6.07) is 10.4. The molecule has 1 saturated heterocycles. The fraction of sp³-hybridized carbons (Fsp3) is 0.381. The molecule has 1 amide bonds. The largest absolute Gasteiger partial charge is 0.331 e. The molecule has 0 bridgehead atoms. The summed E-state index contributed by atoms with van der Waals surface area (Å²) in [7, 11) is 0. The van der Waals surface area contributed by atoms with E-state index in [-0.39, 0.29) is 5.91 Å². The maximum Gasteiger partial charge on any atom is 0.234 e. The van der Waals surface area contributed by atoms with Crippen molar-refractivity contribution >= 4 is 44.9 Å². The number of quaternary nitrogens is 1. The van der Waals surface area contributed by atoms with Crippen LogP contribution in [0.1, 0.15) is 30.2 Å². The molecule has 4 rings (SSSR count). The lowest BCUT2D eigenvalue weighted by Crippen LogP contribution is -3.08. The first-order valence-corrected chi connectivity index (χ1v) is 11.6. The van der Waals surface area contributed by atoms with E-state index in [2.05, 4.69) is 40.4 Å². The van der Waals surface area contributed by atoms with Gasteiger partial charge in [-0.3, -0.25) is 4.79 Å². The summed E-state index contributed by atoms with van der Waals surface area (Å²) in [5.74, 6) is 0.323. The van der Waals surface area contributed by atoms with E-state index in [9.17, 15) is 4.79 Å². The standard InChI is InChI=1S/C21H24N4OS2/c1-2-17-11-18-20(22-14-23-21(18)28-17)27-13-19(26)24-16-7-5-15(6-8-16)12-25-9-3-4-10-25/h5-8,11,14H,2-4,9-10,12-13H2,1H3,(H,24,26)/p+1. The third-order valence-corrected chi connectivity index (χ3v) is 7.23. The molecule has 3 aromatic rings. The first kappa shape index (κ1) is 19.4. The van der Waals surface area contributed by atoms with E-state index in [0.717, 1.165) is 33.9 Å². The highest BCUT2D eigenvalue weighted by Crippen LogP contribution is 2.30. The van der Waals surface area contributed by atoms with Gasteiger partial charge in [0.2, 0.25) is 5.91 Å². The molecule has 5 nitrogen and oxygen atoms in total. The van der Waals surface area contributed by atoms with Crippen molar-refractivity contribution in [1.82, 2.24) is 9.97 Å². The van der Waals surface area contributed by atoms with Gasteiger partial charge in [-0.05, 0) is 24.6 Å². The fourth-order valence-corrected chi connectivity index (χ4v) is 5.32. The Hall–Kier alpha value is -1.96. The van der Waals surface area contributed by atoms with E-state index in [1.165, 1.54) is 48.1 Å². The smallest absolute Gasteiger partial charge is 0.234 e. The van der Waals surface area contributed by atoms with Crippen LogP contribution in [0.3, 0.4) is 0 Å². The van der Waals surface area contributed by atoms with Gasteiger partial charge in [0, 0.05) is 34.4 Å². The second-order valence-electron chi connectivity index (χ2n) is 7.13. The summed E-state index contributed by atoms with van der Waals surface area (Å²) in [6.07, 6.45) is 5.25. The molecule has 0 atom stereocenters. The zero-order valence-electron chi connectivity index (χ0n) is 16.0. The highest BCUT2D eigenvalue weighted by Gasteiger charge is 2.15. The number of thioether (sulfide) groups is 1. The molecule has 1 aliphatic heterocycles. The van der Waals surface area contributed by atoms with Gasteiger partial charge in [0.25, 0.3) is 0 Å². The van der Waals surface area contributed by atoms with Gasteiger partial charge in [0.05, 0.1) is 18.8 Å². The Morgan fingerprint density at radius 1 is 1.21 bits per heavy atom. The molecule has 2 aromatic heterocycles. The van der Waals surface area contributed by atoms with Crippen LogP contribution < -0.4 is 10.2 Å². The Morgan fingerprint density at radius 3 is 2.75 bits per heavy atom. The number of nitrogens with one attached hydrogen (secondary N) is 2. The Balaban J connectivity index is 1.32. The molecule has 28 heavy (non-hydrogen) atoms. The Kier molecular flexibility index (Phi) is 6.24. The van der Waals surface area contributed by atoms with Crippen LogP contribution >= 0.6 is 23.1 Å². The molecule has 0 aliphatic carbocycles. The number of anilines is 1. The van der Waals surface area contributed by atoms with Crippen molar-refractivity contribution in [1.29, 1.82) is 0 Å². The number of likely N-dealkylation sites (tertiary alicyclic amines) is 1. The third-order valence-electron chi connectivity index (χ3n) is 5.03.